The van der Waals surface area contributed by atoms with E-state index in [2.05, 4.69) is 0 Å². The highest BCUT2D eigenvalue weighted by molar-refractivity contribution is 7.86. The van der Waals surface area contributed by atoms with Crippen LogP contribution in [0.5, 0.6) is 5.75 Å². The zero-order valence-corrected chi connectivity index (χ0v) is 10.8. The molecule has 4 nitrogen and oxygen atoms in total. The van der Waals surface area contributed by atoms with E-state index in [1.807, 2.05) is 0 Å². The smallest absolute Gasteiger partial charge is 0.264 e. The summed E-state index contributed by atoms with van der Waals surface area (Å²) in [5, 5.41) is 0. The van der Waals surface area contributed by atoms with Crippen molar-refractivity contribution in [1.29, 1.82) is 0 Å². The van der Waals surface area contributed by atoms with Gasteiger partial charge in [-0.25, -0.2) is 4.39 Å². The van der Waals surface area contributed by atoms with Gasteiger partial charge in [-0.1, -0.05) is 6.92 Å². The summed E-state index contributed by atoms with van der Waals surface area (Å²) in [5.41, 5.74) is 0.389. The molecule has 0 amide bonds. The van der Waals surface area contributed by atoms with Gasteiger partial charge < -0.3 is 4.74 Å². The van der Waals surface area contributed by atoms with E-state index in [4.69, 9.17) is 8.92 Å². The van der Waals surface area contributed by atoms with Crippen molar-refractivity contribution in [2.75, 3.05) is 13.4 Å². The lowest BCUT2D eigenvalue weighted by molar-refractivity contribution is 0.205. The average molecular weight is 262 g/mol. The molecule has 0 aromatic heterocycles. The van der Waals surface area contributed by atoms with Crippen molar-refractivity contribution in [3.8, 4) is 5.75 Å². The van der Waals surface area contributed by atoms with Crippen LogP contribution in [0, 0.1) is 5.82 Å². The Labute approximate surface area is 100 Å². The van der Waals surface area contributed by atoms with Crippen LogP contribution < -0.4 is 4.74 Å². The van der Waals surface area contributed by atoms with Crippen LogP contribution in [0.2, 0.25) is 0 Å². The molecule has 1 aromatic rings. The lowest BCUT2D eigenvalue weighted by Crippen LogP contribution is -2.11. The van der Waals surface area contributed by atoms with Gasteiger partial charge in [-0.2, -0.15) is 8.42 Å². The molecule has 0 unspecified atom stereocenters. The Bertz CT molecular complexity index is 484. The molecule has 0 saturated carbocycles. The number of methoxy groups -OCH3 is 1. The van der Waals surface area contributed by atoms with Crippen LogP contribution in [-0.2, 0) is 14.3 Å². The largest absolute Gasteiger partial charge is 0.496 e. The zero-order valence-electron chi connectivity index (χ0n) is 9.94. The molecule has 0 aliphatic heterocycles. The Balaban J connectivity index is 3.14. The minimum Gasteiger partial charge on any atom is -0.496 e. The Morgan fingerprint density at radius 2 is 2.06 bits per heavy atom. The van der Waals surface area contributed by atoms with E-state index in [1.165, 1.54) is 25.3 Å². The highest BCUT2D eigenvalue weighted by Crippen LogP contribution is 2.31. The van der Waals surface area contributed by atoms with E-state index in [1.54, 1.807) is 6.92 Å². The van der Waals surface area contributed by atoms with Crippen LogP contribution in [0.25, 0.3) is 0 Å². The minimum absolute atomic E-state index is 0.389. The molecule has 96 valence electrons. The molecule has 0 heterocycles. The molecule has 0 bridgehead atoms. The van der Waals surface area contributed by atoms with E-state index in [-0.39, 0.29) is 0 Å². The molecule has 1 atom stereocenters. The van der Waals surface area contributed by atoms with Crippen LogP contribution >= 0.6 is 0 Å². The highest BCUT2D eigenvalue weighted by Gasteiger charge is 2.20. The number of rotatable bonds is 5. The molecule has 0 saturated heterocycles. The van der Waals surface area contributed by atoms with Crippen molar-refractivity contribution in [3.05, 3.63) is 29.6 Å². The summed E-state index contributed by atoms with van der Waals surface area (Å²) >= 11 is 0. The summed E-state index contributed by atoms with van der Waals surface area (Å²) in [4.78, 5) is 0. The summed E-state index contributed by atoms with van der Waals surface area (Å²) in [6.07, 6.45) is 0.615. The van der Waals surface area contributed by atoms with E-state index >= 15 is 0 Å². The molecular formula is C11H15FO4S. The zero-order chi connectivity index (χ0) is 13.1. The fourth-order valence-corrected chi connectivity index (χ4v) is 2.17. The van der Waals surface area contributed by atoms with Gasteiger partial charge in [0.1, 0.15) is 17.7 Å². The molecule has 0 aliphatic rings. The van der Waals surface area contributed by atoms with E-state index in [0.29, 0.717) is 17.7 Å². The van der Waals surface area contributed by atoms with Gasteiger partial charge in [0.2, 0.25) is 0 Å². The standard InChI is InChI=1S/C11H15FO4S/c1-4-10(16-17(3,13)14)9-7-8(12)5-6-11(9)15-2/h5-7,10H,4H2,1-3H3/t10-/m0/s1. The van der Waals surface area contributed by atoms with E-state index < -0.39 is 22.0 Å². The third kappa shape index (κ3) is 3.98. The Kier molecular flexibility index (Phi) is 4.47. The van der Waals surface area contributed by atoms with Crippen molar-refractivity contribution in [1.82, 2.24) is 0 Å². The predicted octanol–water partition coefficient (Wildman–Crippen LogP) is 2.26. The van der Waals surface area contributed by atoms with Gasteiger partial charge >= 0.3 is 0 Å². The molecule has 0 fully saturated rings. The Morgan fingerprint density at radius 1 is 1.41 bits per heavy atom. The van der Waals surface area contributed by atoms with Crippen molar-refractivity contribution < 1.29 is 21.7 Å². The van der Waals surface area contributed by atoms with E-state index in [0.717, 1.165) is 6.26 Å². The Morgan fingerprint density at radius 3 is 2.53 bits per heavy atom. The van der Waals surface area contributed by atoms with Gasteiger partial charge in [0.25, 0.3) is 10.1 Å². The number of hydrogen-bond acceptors (Lipinski definition) is 4. The maximum absolute atomic E-state index is 13.2. The molecule has 6 heteroatoms. The van der Waals surface area contributed by atoms with Crippen LogP contribution in [0.15, 0.2) is 18.2 Å². The summed E-state index contributed by atoms with van der Waals surface area (Å²) in [6.45, 7) is 1.75. The average Bonchev–Trinajstić information content (AvgIpc) is 2.24. The third-order valence-electron chi connectivity index (χ3n) is 2.20. The topological polar surface area (TPSA) is 52.6 Å². The SMILES string of the molecule is CC[C@H](OS(C)(=O)=O)c1cc(F)ccc1OC. The van der Waals surface area contributed by atoms with Gasteiger partial charge in [0.05, 0.1) is 13.4 Å². The van der Waals surface area contributed by atoms with Crippen LogP contribution in [0.4, 0.5) is 4.39 Å². The fourth-order valence-electron chi connectivity index (χ4n) is 1.51. The van der Waals surface area contributed by atoms with Gasteiger partial charge in [-0.15, -0.1) is 0 Å². The summed E-state index contributed by atoms with van der Waals surface area (Å²) < 4.78 is 45.3. The van der Waals surface area contributed by atoms with Crippen molar-refractivity contribution in [3.63, 3.8) is 0 Å². The second-order valence-corrected chi connectivity index (χ2v) is 5.18. The van der Waals surface area contributed by atoms with Crippen molar-refractivity contribution in [2.45, 2.75) is 19.4 Å². The van der Waals surface area contributed by atoms with Crippen LogP contribution in [-0.4, -0.2) is 21.8 Å². The first-order chi connectivity index (χ1) is 7.87. The van der Waals surface area contributed by atoms with Crippen LogP contribution in [0.3, 0.4) is 0 Å². The second kappa shape index (κ2) is 5.46. The van der Waals surface area contributed by atoms with Gasteiger partial charge in [-0.3, -0.25) is 4.18 Å². The monoisotopic (exact) mass is 262 g/mol. The molecule has 1 rings (SSSR count). The van der Waals surface area contributed by atoms with Crippen molar-refractivity contribution >= 4 is 10.1 Å². The molecule has 0 spiro atoms. The predicted molar refractivity (Wildman–Crippen MR) is 61.9 cm³/mol. The molecule has 0 N–H and O–H groups in total. The van der Waals surface area contributed by atoms with E-state index in [9.17, 15) is 12.8 Å². The second-order valence-electron chi connectivity index (χ2n) is 3.58. The van der Waals surface area contributed by atoms with Gasteiger partial charge in [0, 0.05) is 5.56 Å². The normalized spacial score (nSPS) is 13.4. The maximum Gasteiger partial charge on any atom is 0.264 e. The van der Waals surface area contributed by atoms with Crippen LogP contribution in [0.1, 0.15) is 25.0 Å². The molecule has 17 heavy (non-hydrogen) atoms. The fraction of sp³-hybridized carbons (Fsp3) is 0.455. The first-order valence-electron chi connectivity index (χ1n) is 5.09. The summed E-state index contributed by atoms with van der Waals surface area (Å²) in [5.74, 6) is -0.0572. The lowest BCUT2D eigenvalue weighted by atomic mass is 10.1. The quantitative estimate of drug-likeness (QED) is 0.764. The third-order valence-corrected chi connectivity index (χ3v) is 2.78. The molecule has 0 radical (unpaired) electrons. The molecule has 0 aliphatic carbocycles. The minimum atomic E-state index is -3.60. The number of hydrogen-bond donors (Lipinski definition) is 0. The highest BCUT2D eigenvalue weighted by atomic mass is 32.2. The molecular weight excluding hydrogens is 247 g/mol. The van der Waals surface area contributed by atoms with Gasteiger partial charge in [0.15, 0.2) is 0 Å². The van der Waals surface area contributed by atoms with Gasteiger partial charge in [-0.05, 0) is 24.6 Å². The molecule has 1 aromatic carbocycles. The van der Waals surface area contributed by atoms with Crippen molar-refractivity contribution in [2.24, 2.45) is 0 Å². The summed E-state index contributed by atoms with van der Waals surface area (Å²) in [7, 11) is -2.16. The number of benzene rings is 1. The Hall–Kier alpha value is -1.14. The summed E-state index contributed by atoms with van der Waals surface area (Å²) in [6, 6.07) is 3.91. The number of ether oxygens (including phenoxy) is 1. The maximum atomic E-state index is 13.2. The number of halogens is 1. The first-order valence-corrected chi connectivity index (χ1v) is 6.90. The first kappa shape index (κ1) is 13.9. The lowest BCUT2D eigenvalue weighted by Gasteiger charge is -2.17.